The molecule has 0 spiro atoms. The van der Waals surface area contributed by atoms with Gasteiger partial charge in [0.1, 0.15) is 0 Å². The molecule has 1 rings (SSSR count). The molecule has 1 nitrogen and oxygen atoms in total. The minimum absolute atomic E-state index is 0.272. The molecule has 1 heterocycles. The molecule has 0 aliphatic carbocycles. The van der Waals surface area contributed by atoms with E-state index in [1.165, 1.54) is 5.56 Å². The molecule has 13 heavy (non-hydrogen) atoms. The fourth-order valence-electron chi connectivity index (χ4n) is 1.59. The van der Waals surface area contributed by atoms with Crippen LogP contribution >= 0.6 is 11.3 Å². The Bertz CT molecular complexity index is 254. The van der Waals surface area contributed by atoms with Gasteiger partial charge in [-0.1, -0.05) is 20.3 Å². The molecule has 0 amide bonds. The molecule has 0 saturated carbocycles. The summed E-state index contributed by atoms with van der Waals surface area (Å²) in [5.74, 6) is 0.373. The molecule has 0 aromatic carbocycles. The molecule has 1 N–H and O–H groups in total. The van der Waals surface area contributed by atoms with Crippen molar-refractivity contribution in [2.75, 3.05) is 0 Å². The smallest absolute Gasteiger partial charge is 0.0826 e. The number of rotatable bonds is 4. The monoisotopic (exact) mass is 198 g/mol. The summed E-state index contributed by atoms with van der Waals surface area (Å²) in [7, 11) is 0. The number of aliphatic hydroxyl groups excluding tert-OH is 1. The van der Waals surface area contributed by atoms with Crippen molar-refractivity contribution in [3.8, 4) is 0 Å². The van der Waals surface area contributed by atoms with E-state index in [0.29, 0.717) is 5.92 Å². The van der Waals surface area contributed by atoms with Crippen LogP contribution in [0.15, 0.2) is 10.8 Å². The third-order valence-corrected chi connectivity index (χ3v) is 3.38. The molecule has 2 atom stereocenters. The van der Waals surface area contributed by atoms with Crippen LogP contribution < -0.4 is 0 Å². The van der Waals surface area contributed by atoms with Crippen molar-refractivity contribution >= 4 is 11.3 Å². The van der Waals surface area contributed by atoms with E-state index in [4.69, 9.17) is 0 Å². The van der Waals surface area contributed by atoms with Crippen molar-refractivity contribution in [1.82, 2.24) is 0 Å². The van der Waals surface area contributed by atoms with Crippen molar-refractivity contribution in [2.24, 2.45) is 5.92 Å². The zero-order chi connectivity index (χ0) is 9.84. The lowest BCUT2D eigenvalue weighted by molar-refractivity contribution is 0.112. The quantitative estimate of drug-likeness (QED) is 0.784. The third-order valence-electron chi connectivity index (χ3n) is 2.50. The minimum atomic E-state index is -0.272. The van der Waals surface area contributed by atoms with E-state index in [9.17, 15) is 5.11 Å². The van der Waals surface area contributed by atoms with Gasteiger partial charge in [0, 0.05) is 0 Å². The minimum Gasteiger partial charge on any atom is -0.388 e. The molecule has 0 fully saturated rings. The Morgan fingerprint density at radius 1 is 1.46 bits per heavy atom. The van der Waals surface area contributed by atoms with Crippen molar-refractivity contribution in [2.45, 2.75) is 39.7 Å². The van der Waals surface area contributed by atoms with Gasteiger partial charge in [-0.3, -0.25) is 0 Å². The Morgan fingerprint density at radius 3 is 2.62 bits per heavy atom. The van der Waals surface area contributed by atoms with Gasteiger partial charge in [-0.25, -0.2) is 0 Å². The fraction of sp³-hybridized carbons (Fsp3) is 0.636. The highest BCUT2D eigenvalue weighted by molar-refractivity contribution is 7.08. The Labute approximate surface area is 84.4 Å². The molecule has 2 unspecified atom stereocenters. The molecule has 1 aromatic heterocycles. The normalized spacial score (nSPS) is 15.7. The maximum Gasteiger partial charge on any atom is 0.0826 e. The SMILES string of the molecule is CCCC(C)C(O)c1cscc1C. The third kappa shape index (κ3) is 2.55. The van der Waals surface area contributed by atoms with E-state index in [1.807, 2.05) is 0 Å². The predicted octanol–water partition coefficient (Wildman–Crippen LogP) is 3.53. The van der Waals surface area contributed by atoms with Crippen LogP contribution in [-0.2, 0) is 0 Å². The summed E-state index contributed by atoms with van der Waals surface area (Å²) in [6, 6.07) is 0. The van der Waals surface area contributed by atoms with Gasteiger partial charge >= 0.3 is 0 Å². The van der Waals surface area contributed by atoms with Gasteiger partial charge in [-0.15, -0.1) is 0 Å². The summed E-state index contributed by atoms with van der Waals surface area (Å²) < 4.78 is 0. The van der Waals surface area contributed by atoms with Crippen molar-refractivity contribution in [3.63, 3.8) is 0 Å². The highest BCUT2D eigenvalue weighted by atomic mass is 32.1. The summed E-state index contributed by atoms with van der Waals surface area (Å²) in [6.07, 6.45) is 1.96. The van der Waals surface area contributed by atoms with Crippen LogP contribution in [-0.4, -0.2) is 5.11 Å². The van der Waals surface area contributed by atoms with Gasteiger partial charge in [-0.2, -0.15) is 11.3 Å². The van der Waals surface area contributed by atoms with Crippen LogP contribution in [0.1, 0.15) is 43.9 Å². The zero-order valence-electron chi connectivity index (χ0n) is 8.58. The van der Waals surface area contributed by atoms with Gasteiger partial charge in [0.05, 0.1) is 6.10 Å². The lowest BCUT2D eigenvalue weighted by Crippen LogP contribution is -2.08. The van der Waals surface area contributed by atoms with E-state index in [1.54, 1.807) is 11.3 Å². The largest absolute Gasteiger partial charge is 0.388 e. The van der Waals surface area contributed by atoms with Crippen LogP contribution in [0, 0.1) is 12.8 Å². The number of thiophene rings is 1. The fourth-order valence-corrected chi connectivity index (χ4v) is 2.47. The lowest BCUT2D eigenvalue weighted by atomic mass is 9.93. The zero-order valence-corrected chi connectivity index (χ0v) is 9.40. The van der Waals surface area contributed by atoms with Crippen LogP contribution in [0.25, 0.3) is 0 Å². The molecule has 0 bridgehead atoms. The first-order chi connectivity index (χ1) is 6.16. The predicted molar refractivity (Wildman–Crippen MR) is 58.1 cm³/mol. The first kappa shape index (κ1) is 10.7. The number of hydrogen-bond donors (Lipinski definition) is 1. The van der Waals surface area contributed by atoms with Gasteiger partial charge in [0.2, 0.25) is 0 Å². The van der Waals surface area contributed by atoms with Crippen LogP contribution in [0.5, 0.6) is 0 Å². The number of aryl methyl sites for hydroxylation is 1. The van der Waals surface area contributed by atoms with E-state index in [0.717, 1.165) is 18.4 Å². The maximum atomic E-state index is 10.00. The van der Waals surface area contributed by atoms with Gasteiger partial charge in [0.25, 0.3) is 0 Å². The summed E-state index contributed by atoms with van der Waals surface area (Å²) in [6.45, 7) is 6.34. The molecule has 0 aliphatic rings. The van der Waals surface area contributed by atoms with Crippen LogP contribution in [0.4, 0.5) is 0 Å². The van der Waals surface area contributed by atoms with Crippen LogP contribution in [0.3, 0.4) is 0 Å². The Hall–Kier alpha value is -0.340. The maximum absolute atomic E-state index is 10.00. The summed E-state index contributed by atoms with van der Waals surface area (Å²) in [5.41, 5.74) is 2.34. The van der Waals surface area contributed by atoms with Gasteiger partial charge < -0.3 is 5.11 Å². The molecule has 0 saturated heterocycles. The van der Waals surface area contributed by atoms with Gasteiger partial charge in [-0.05, 0) is 41.1 Å². The molecular formula is C11H18OS. The number of hydrogen-bond acceptors (Lipinski definition) is 2. The second-order valence-corrected chi connectivity index (χ2v) is 4.46. The van der Waals surface area contributed by atoms with E-state index in [-0.39, 0.29) is 6.10 Å². The average Bonchev–Trinajstić information content (AvgIpc) is 2.50. The lowest BCUT2D eigenvalue weighted by Gasteiger charge is -2.18. The molecule has 0 aliphatic heterocycles. The summed E-state index contributed by atoms with van der Waals surface area (Å²) >= 11 is 1.67. The molecule has 0 radical (unpaired) electrons. The first-order valence-electron chi connectivity index (χ1n) is 4.87. The Morgan fingerprint density at radius 2 is 2.15 bits per heavy atom. The van der Waals surface area contributed by atoms with Crippen LogP contribution in [0.2, 0.25) is 0 Å². The standard InChI is InChI=1S/C11H18OS/c1-4-5-8(2)11(12)10-7-13-6-9(10)3/h6-8,11-12H,4-5H2,1-3H3. The average molecular weight is 198 g/mol. The first-order valence-corrected chi connectivity index (χ1v) is 5.81. The molecule has 1 aromatic rings. The Balaban J connectivity index is 2.67. The second kappa shape index (κ2) is 4.77. The second-order valence-electron chi connectivity index (χ2n) is 3.72. The molecule has 2 heteroatoms. The van der Waals surface area contributed by atoms with Gasteiger partial charge in [0.15, 0.2) is 0 Å². The van der Waals surface area contributed by atoms with Crippen molar-refractivity contribution < 1.29 is 5.11 Å². The van der Waals surface area contributed by atoms with Crippen molar-refractivity contribution in [1.29, 1.82) is 0 Å². The van der Waals surface area contributed by atoms with E-state index in [2.05, 4.69) is 31.5 Å². The number of aliphatic hydroxyl groups is 1. The topological polar surface area (TPSA) is 20.2 Å². The highest BCUT2D eigenvalue weighted by Crippen LogP contribution is 2.29. The van der Waals surface area contributed by atoms with E-state index < -0.39 is 0 Å². The summed E-state index contributed by atoms with van der Waals surface area (Å²) in [5, 5.41) is 14.2. The van der Waals surface area contributed by atoms with Crippen molar-refractivity contribution in [3.05, 3.63) is 21.9 Å². The molecule has 74 valence electrons. The van der Waals surface area contributed by atoms with E-state index >= 15 is 0 Å². The molecular weight excluding hydrogens is 180 g/mol. The highest BCUT2D eigenvalue weighted by Gasteiger charge is 2.17. The Kier molecular flexibility index (Phi) is 3.94. The summed E-state index contributed by atoms with van der Waals surface area (Å²) in [4.78, 5) is 0.